The Labute approximate surface area is 116 Å². The Morgan fingerprint density at radius 2 is 1.80 bits per heavy atom. The molecule has 6 heteroatoms. The highest BCUT2D eigenvalue weighted by Crippen LogP contribution is 2.27. The van der Waals surface area contributed by atoms with Gasteiger partial charge in [-0.15, -0.1) is 13.2 Å². The van der Waals surface area contributed by atoms with E-state index in [4.69, 9.17) is 4.74 Å². The van der Waals surface area contributed by atoms with Crippen LogP contribution in [0.1, 0.15) is 31.4 Å². The Morgan fingerprint density at radius 1 is 1.20 bits per heavy atom. The molecular weight excluding hydrogens is 271 g/mol. The summed E-state index contributed by atoms with van der Waals surface area (Å²) in [4.78, 5) is 0. The van der Waals surface area contributed by atoms with E-state index < -0.39 is 6.36 Å². The zero-order valence-corrected chi connectivity index (χ0v) is 11.4. The highest BCUT2D eigenvalue weighted by atomic mass is 19.4. The predicted molar refractivity (Wildman–Crippen MR) is 68.5 cm³/mol. The van der Waals surface area contributed by atoms with Crippen LogP contribution in [0.2, 0.25) is 0 Å². The molecule has 0 bridgehead atoms. The van der Waals surface area contributed by atoms with Gasteiger partial charge in [-0.2, -0.15) is 0 Å². The van der Waals surface area contributed by atoms with Gasteiger partial charge in [0.1, 0.15) is 5.75 Å². The summed E-state index contributed by atoms with van der Waals surface area (Å²) >= 11 is 0. The van der Waals surface area contributed by atoms with Crippen LogP contribution < -0.4 is 10.1 Å². The molecule has 0 amide bonds. The Bertz CT molecular complexity index is 427. The molecule has 0 heterocycles. The molecule has 1 aromatic carbocycles. The van der Waals surface area contributed by atoms with Crippen molar-refractivity contribution in [1.82, 2.24) is 5.32 Å². The maximum Gasteiger partial charge on any atom is 0.573 e. The first-order valence-electron chi connectivity index (χ1n) is 6.52. The van der Waals surface area contributed by atoms with Crippen LogP contribution in [0.5, 0.6) is 5.75 Å². The maximum atomic E-state index is 12.0. The zero-order valence-electron chi connectivity index (χ0n) is 11.4. The molecule has 1 atom stereocenters. The molecule has 0 aliphatic heterocycles. The standard InChI is InChI=1S/C14H18F3NO2/c1-9(18-11-7-13(8-11)19-2)10-3-5-12(6-4-10)20-14(15,16)17/h3-6,9,11,13,18H,7-8H2,1-2H3. The van der Waals surface area contributed by atoms with E-state index in [0.717, 1.165) is 18.4 Å². The van der Waals surface area contributed by atoms with Crippen LogP contribution in [-0.4, -0.2) is 25.6 Å². The van der Waals surface area contributed by atoms with Gasteiger partial charge in [0.2, 0.25) is 0 Å². The van der Waals surface area contributed by atoms with Gasteiger partial charge in [0, 0.05) is 19.2 Å². The number of hydrogen-bond donors (Lipinski definition) is 1. The van der Waals surface area contributed by atoms with Gasteiger partial charge in [0.15, 0.2) is 0 Å². The number of benzene rings is 1. The Hall–Kier alpha value is -1.27. The fraction of sp³-hybridized carbons (Fsp3) is 0.571. The first-order valence-corrected chi connectivity index (χ1v) is 6.52. The molecular formula is C14H18F3NO2. The van der Waals surface area contributed by atoms with Crippen molar-refractivity contribution < 1.29 is 22.6 Å². The van der Waals surface area contributed by atoms with Crippen LogP contribution in [0, 0.1) is 0 Å². The molecule has 0 spiro atoms. The molecule has 20 heavy (non-hydrogen) atoms. The van der Waals surface area contributed by atoms with Gasteiger partial charge in [0.05, 0.1) is 6.10 Å². The van der Waals surface area contributed by atoms with Gasteiger partial charge in [0.25, 0.3) is 0 Å². The van der Waals surface area contributed by atoms with E-state index in [0.29, 0.717) is 12.1 Å². The van der Waals surface area contributed by atoms with E-state index in [1.807, 2.05) is 6.92 Å². The van der Waals surface area contributed by atoms with Gasteiger partial charge >= 0.3 is 6.36 Å². The quantitative estimate of drug-likeness (QED) is 0.901. The van der Waals surface area contributed by atoms with E-state index in [-0.39, 0.29) is 11.8 Å². The minimum atomic E-state index is -4.65. The Kier molecular flexibility index (Phi) is 4.55. The predicted octanol–water partition coefficient (Wildman–Crippen LogP) is 3.41. The third-order valence-electron chi connectivity index (χ3n) is 3.53. The molecule has 0 saturated heterocycles. The minimum Gasteiger partial charge on any atom is -0.406 e. The molecule has 2 rings (SSSR count). The summed E-state index contributed by atoms with van der Waals surface area (Å²) in [5, 5.41) is 3.42. The summed E-state index contributed by atoms with van der Waals surface area (Å²) in [6, 6.07) is 6.44. The summed E-state index contributed by atoms with van der Waals surface area (Å²) in [6.45, 7) is 1.99. The smallest absolute Gasteiger partial charge is 0.406 e. The van der Waals surface area contributed by atoms with Crippen molar-refractivity contribution in [3.63, 3.8) is 0 Å². The van der Waals surface area contributed by atoms with Crippen LogP contribution in [0.4, 0.5) is 13.2 Å². The van der Waals surface area contributed by atoms with Crippen molar-refractivity contribution in [3.8, 4) is 5.75 Å². The highest BCUT2D eigenvalue weighted by Gasteiger charge is 2.31. The van der Waals surface area contributed by atoms with E-state index in [1.165, 1.54) is 12.1 Å². The van der Waals surface area contributed by atoms with E-state index in [2.05, 4.69) is 10.1 Å². The van der Waals surface area contributed by atoms with Crippen LogP contribution in [0.25, 0.3) is 0 Å². The van der Waals surface area contributed by atoms with Gasteiger partial charge in [-0.05, 0) is 37.5 Å². The molecule has 1 saturated carbocycles. The normalized spacial score (nSPS) is 24.1. The lowest BCUT2D eigenvalue weighted by molar-refractivity contribution is -0.274. The second kappa shape index (κ2) is 6.01. The van der Waals surface area contributed by atoms with Crippen LogP contribution in [0.15, 0.2) is 24.3 Å². The van der Waals surface area contributed by atoms with Crippen molar-refractivity contribution in [2.45, 2.75) is 44.3 Å². The molecule has 0 radical (unpaired) electrons. The summed E-state index contributed by atoms with van der Waals surface area (Å²) < 4.78 is 45.2. The van der Waals surface area contributed by atoms with E-state index >= 15 is 0 Å². The lowest BCUT2D eigenvalue weighted by Crippen LogP contribution is -2.45. The number of hydrogen-bond acceptors (Lipinski definition) is 3. The SMILES string of the molecule is COC1CC(NC(C)c2ccc(OC(F)(F)F)cc2)C1. The summed E-state index contributed by atoms with van der Waals surface area (Å²) in [5.74, 6) is -0.198. The molecule has 3 nitrogen and oxygen atoms in total. The minimum absolute atomic E-state index is 0.0812. The maximum absolute atomic E-state index is 12.0. The highest BCUT2D eigenvalue weighted by molar-refractivity contribution is 5.29. The molecule has 1 N–H and O–H groups in total. The largest absolute Gasteiger partial charge is 0.573 e. The zero-order chi connectivity index (χ0) is 14.8. The number of methoxy groups -OCH3 is 1. The van der Waals surface area contributed by atoms with Crippen molar-refractivity contribution in [2.75, 3.05) is 7.11 Å². The third-order valence-corrected chi connectivity index (χ3v) is 3.53. The van der Waals surface area contributed by atoms with Gasteiger partial charge < -0.3 is 14.8 Å². The fourth-order valence-corrected chi connectivity index (χ4v) is 2.30. The lowest BCUT2D eigenvalue weighted by atomic mass is 9.88. The van der Waals surface area contributed by atoms with Crippen LogP contribution in [-0.2, 0) is 4.74 Å². The van der Waals surface area contributed by atoms with Crippen molar-refractivity contribution in [3.05, 3.63) is 29.8 Å². The van der Waals surface area contributed by atoms with Crippen LogP contribution in [0.3, 0.4) is 0 Å². The van der Waals surface area contributed by atoms with Gasteiger partial charge in [-0.1, -0.05) is 12.1 Å². The average Bonchev–Trinajstić information content (AvgIpc) is 2.31. The average molecular weight is 289 g/mol. The van der Waals surface area contributed by atoms with E-state index in [9.17, 15) is 13.2 Å². The summed E-state index contributed by atoms with van der Waals surface area (Å²) in [5.41, 5.74) is 0.931. The third kappa shape index (κ3) is 4.11. The number of halogens is 3. The summed E-state index contributed by atoms with van der Waals surface area (Å²) in [6.07, 6.45) is -2.39. The Morgan fingerprint density at radius 3 is 2.30 bits per heavy atom. The number of rotatable bonds is 5. The van der Waals surface area contributed by atoms with E-state index in [1.54, 1.807) is 19.2 Å². The van der Waals surface area contributed by atoms with Crippen molar-refractivity contribution >= 4 is 0 Å². The molecule has 0 aromatic heterocycles. The molecule has 1 fully saturated rings. The van der Waals surface area contributed by atoms with Crippen LogP contribution >= 0.6 is 0 Å². The van der Waals surface area contributed by atoms with Gasteiger partial charge in [-0.25, -0.2) is 0 Å². The molecule has 1 unspecified atom stereocenters. The van der Waals surface area contributed by atoms with Crippen molar-refractivity contribution in [2.24, 2.45) is 0 Å². The molecule has 1 aliphatic rings. The Balaban J connectivity index is 1.86. The monoisotopic (exact) mass is 289 g/mol. The number of alkyl halides is 3. The second-order valence-corrected chi connectivity index (χ2v) is 5.03. The lowest BCUT2D eigenvalue weighted by Gasteiger charge is -2.36. The first kappa shape index (κ1) is 15.1. The second-order valence-electron chi connectivity index (χ2n) is 5.03. The molecule has 1 aliphatic carbocycles. The van der Waals surface area contributed by atoms with Gasteiger partial charge in [-0.3, -0.25) is 0 Å². The van der Waals surface area contributed by atoms with Crippen molar-refractivity contribution in [1.29, 1.82) is 0 Å². The topological polar surface area (TPSA) is 30.5 Å². The molecule has 112 valence electrons. The summed E-state index contributed by atoms with van der Waals surface area (Å²) in [7, 11) is 1.70. The number of ether oxygens (including phenoxy) is 2. The fourth-order valence-electron chi connectivity index (χ4n) is 2.30. The molecule has 1 aromatic rings. The first-order chi connectivity index (χ1) is 9.37. The number of nitrogens with one attached hydrogen (secondary N) is 1.